The first-order valence-electron chi connectivity index (χ1n) is 7.29. The Morgan fingerprint density at radius 3 is 2.56 bits per heavy atom. The van der Waals surface area contributed by atoms with Crippen molar-refractivity contribution in [3.63, 3.8) is 0 Å². The lowest BCUT2D eigenvalue weighted by molar-refractivity contribution is -0.116. The van der Waals surface area contributed by atoms with Crippen LogP contribution in [0.5, 0.6) is 5.75 Å². The van der Waals surface area contributed by atoms with Crippen molar-refractivity contribution in [3.05, 3.63) is 54.4 Å². The minimum absolute atomic E-state index is 0.0774. The Balaban J connectivity index is 2.22. The van der Waals surface area contributed by atoms with Gasteiger partial charge in [0.05, 0.1) is 5.69 Å². The van der Waals surface area contributed by atoms with Crippen LogP contribution in [-0.4, -0.2) is 27.1 Å². The van der Waals surface area contributed by atoms with E-state index in [1.165, 1.54) is 25.3 Å². The summed E-state index contributed by atoms with van der Waals surface area (Å²) in [5.74, 6) is -1.64. The van der Waals surface area contributed by atoms with Crippen LogP contribution < -0.4 is 10.6 Å². The number of primary amides is 1. The lowest BCUT2D eigenvalue weighted by Crippen LogP contribution is -2.25. The molecule has 0 atom stereocenters. The maximum Gasteiger partial charge on any atom is 0.256 e. The molecule has 126 valence electrons. The second-order valence-electron chi connectivity index (χ2n) is 5.16. The average Bonchev–Trinajstić information content (AvgIpc) is 3.02. The number of rotatable bonds is 4. The van der Waals surface area contributed by atoms with E-state index in [-0.39, 0.29) is 28.6 Å². The fourth-order valence-corrected chi connectivity index (χ4v) is 2.43. The Labute approximate surface area is 142 Å². The number of phenolic OH excluding ortho intramolecular Hbond substituents is 1. The van der Waals surface area contributed by atoms with Crippen LogP contribution in [0, 0.1) is 0 Å². The monoisotopic (exact) mass is 338 g/mol. The van der Waals surface area contributed by atoms with Crippen molar-refractivity contribution in [2.24, 2.45) is 5.73 Å². The number of benzene rings is 1. The number of para-hydroxylation sites is 2. The van der Waals surface area contributed by atoms with Crippen LogP contribution in [0.25, 0.3) is 11.3 Å². The molecule has 2 amide bonds. The molecule has 25 heavy (non-hydrogen) atoms. The van der Waals surface area contributed by atoms with Crippen molar-refractivity contribution in [1.82, 2.24) is 10.1 Å². The number of hydrogen-bond acceptors (Lipinski definition) is 6. The second kappa shape index (κ2) is 6.44. The second-order valence-corrected chi connectivity index (χ2v) is 5.16. The fraction of sp³-hybridized carbons (Fsp3) is 0.0588. The number of amides is 2. The molecule has 8 heteroatoms. The zero-order valence-corrected chi connectivity index (χ0v) is 13.2. The van der Waals surface area contributed by atoms with Crippen LogP contribution in [-0.2, 0) is 4.79 Å². The van der Waals surface area contributed by atoms with E-state index in [9.17, 15) is 14.7 Å². The van der Waals surface area contributed by atoms with E-state index in [0.717, 1.165) is 4.90 Å². The molecule has 0 saturated heterocycles. The summed E-state index contributed by atoms with van der Waals surface area (Å²) in [4.78, 5) is 29.2. The lowest BCUT2D eigenvalue weighted by Gasteiger charge is -2.19. The van der Waals surface area contributed by atoms with Gasteiger partial charge in [-0.1, -0.05) is 17.3 Å². The largest absolute Gasteiger partial charge is 0.506 e. The average molecular weight is 338 g/mol. The molecular formula is C17H14N4O4. The highest BCUT2D eigenvalue weighted by atomic mass is 16.5. The molecule has 8 nitrogen and oxygen atoms in total. The quantitative estimate of drug-likeness (QED) is 0.752. The summed E-state index contributed by atoms with van der Waals surface area (Å²) >= 11 is 0. The first-order chi connectivity index (χ1) is 12.0. The normalized spacial score (nSPS) is 10.4. The summed E-state index contributed by atoms with van der Waals surface area (Å²) in [7, 11) is 0. The molecule has 0 aliphatic rings. The van der Waals surface area contributed by atoms with Gasteiger partial charge in [-0.15, -0.1) is 0 Å². The van der Waals surface area contributed by atoms with E-state index >= 15 is 0 Å². The maximum absolute atomic E-state index is 12.2. The van der Waals surface area contributed by atoms with Crippen LogP contribution >= 0.6 is 0 Å². The molecule has 2 aromatic heterocycles. The molecule has 0 radical (unpaired) electrons. The summed E-state index contributed by atoms with van der Waals surface area (Å²) in [6.07, 6.45) is 3.06. The number of pyridine rings is 1. The molecule has 0 fully saturated rings. The number of anilines is 2. The van der Waals surface area contributed by atoms with E-state index < -0.39 is 11.8 Å². The molecule has 0 saturated carbocycles. The minimum atomic E-state index is -0.822. The first kappa shape index (κ1) is 16.2. The zero-order chi connectivity index (χ0) is 18.0. The summed E-state index contributed by atoms with van der Waals surface area (Å²) in [5.41, 5.74) is 6.23. The number of carbonyl (C=O) groups excluding carboxylic acids is 2. The summed E-state index contributed by atoms with van der Waals surface area (Å²) in [6, 6.07) is 9.50. The Hall–Kier alpha value is -3.68. The van der Waals surface area contributed by atoms with E-state index in [1.54, 1.807) is 30.5 Å². The topological polar surface area (TPSA) is 123 Å². The fourth-order valence-electron chi connectivity index (χ4n) is 2.43. The Morgan fingerprint density at radius 1 is 1.20 bits per heavy atom. The van der Waals surface area contributed by atoms with Crippen molar-refractivity contribution < 1.29 is 19.2 Å². The van der Waals surface area contributed by atoms with E-state index in [1.807, 2.05) is 0 Å². The molecule has 2 heterocycles. The van der Waals surface area contributed by atoms with Crippen LogP contribution in [0.1, 0.15) is 17.3 Å². The van der Waals surface area contributed by atoms with Crippen molar-refractivity contribution in [3.8, 4) is 17.0 Å². The number of phenols is 1. The third-order valence-corrected chi connectivity index (χ3v) is 3.50. The van der Waals surface area contributed by atoms with Gasteiger partial charge in [0, 0.05) is 24.9 Å². The first-order valence-corrected chi connectivity index (χ1v) is 7.29. The summed E-state index contributed by atoms with van der Waals surface area (Å²) < 4.78 is 5.26. The number of aromatic hydroxyl groups is 1. The van der Waals surface area contributed by atoms with Crippen LogP contribution in [0.3, 0.4) is 0 Å². The number of aromatic nitrogens is 2. The highest BCUT2D eigenvalue weighted by Crippen LogP contribution is 2.38. The van der Waals surface area contributed by atoms with Gasteiger partial charge >= 0.3 is 0 Å². The molecule has 0 aliphatic carbocycles. The van der Waals surface area contributed by atoms with Gasteiger partial charge in [-0.05, 0) is 24.3 Å². The maximum atomic E-state index is 12.2. The van der Waals surface area contributed by atoms with E-state index in [0.29, 0.717) is 5.56 Å². The number of nitrogens with zero attached hydrogens (tertiary/aromatic N) is 3. The lowest BCUT2D eigenvalue weighted by atomic mass is 10.1. The summed E-state index contributed by atoms with van der Waals surface area (Å²) in [5, 5.41) is 13.9. The molecule has 0 unspecified atom stereocenters. The number of carbonyl (C=O) groups is 2. The molecule has 3 N–H and O–H groups in total. The molecule has 0 bridgehead atoms. The SMILES string of the molecule is CC(=O)N(c1ccccc1O)c1onc(-c2cccnc2)c1C(N)=O. The van der Waals surface area contributed by atoms with Crippen LogP contribution in [0.2, 0.25) is 0 Å². The molecule has 3 aromatic rings. The molecule has 0 spiro atoms. The van der Waals surface area contributed by atoms with Gasteiger partial charge in [0.25, 0.3) is 11.8 Å². The standard InChI is InChI=1S/C17H14N4O4/c1-10(22)21(12-6-2-3-7-13(12)23)17-14(16(18)24)15(20-25-17)11-5-4-8-19-9-11/h2-9,23H,1H3,(H2,18,24). The van der Waals surface area contributed by atoms with Gasteiger partial charge in [-0.25, -0.2) is 4.90 Å². The zero-order valence-electron chi connectivity index (χ0n) is 13.2. The predicted octanol–water partition coefficient (Wildman–Crippen LogP) is 2.23. The highest BCUT2D eigenvalue weighted by Gasteiger charge is 2.30. The van der Waals surface area contributed by atoms with Crippen molar-refractivity contribution in [2.75, 3.05) is 4.90 Å². The van der Waals surface area contributed by atoms with Gasteiger partial charge in [-0.2, -0.15) is 0 Å². The highest BCUT2D eigenvalue weighted by molar-refractivity contribution is 6.09. The van der Waals surface area contributed by atoms with Gasteiger partial charge in [0.1, 0.15) is 17.0 Å². The van der Waals surface area contributed by atoms with E-state index in [2.05, 4.69) is 10.1 Å². The minimum Gasteiger partial charge on any atom is -0.506 e. The van der Waals surface area contributed by atoms with Gasteiger partial charge in [-0.3, -0.25) is 14.6 Å². The van der Waals surface area contributed by atoms with Gasteiger partial charge in [0.15, 0.2) is 0 Å². The van der Waals surface area contributed by atoms with Crippen LogP contribution in [0.4, 0.5) is 11.6 Å². The Kier molecular flexibility index (Phi) is 4.17. The third-order valence-electron chi connectivity index (χ3n) is 3.50. The Bertz CT molecular complexity index is 937. The molecule has 1 aromatic carbocycles. The van der Waals surface area contributed by atoms with Gasteiger partial charge in [0.2, 0.25) is 5.91 Å². The van der Waals surface area contributed by atoms with Crippen LogP contribution in [0.15, 0.2) is 53.3 Å². The third kappa shape index (κ3) is 2.92. The smallest absolute Gasteiger partial charge is 0.256 e. The molecular weight excluding hydrogens is 324 g/mol. The van der Waals surface area contributed by atoms with Crippen molar-refractivity contribution >= 4 is 23.4 Å². The van der Waals surface area contributed by atoms with E-state index in [4.69, 9.17) is 10.3 Å². The van der Waals surface area contributed by atoms with Crippen molar-refractivity contribution in [1.29, 1.82) is 0 Å². The summed E-state index contributed by atoms with van der Waals surface area (Å²) in [6.45, 7) is 1.27. The number of hydrogen-bond donors (Lipinski definition) is 2. The number of nitrogens with two attached hydrogens (primary N) is 1. The van der Waals surface area contributed by atoms with Gasteiger partial charge < -0.3 is 15.4 Å². The molecule has 3 rings (SSSR count). The molecule has 0 aliphatic heterocycles. The van der Waals surface area contributed by atoms with Crippen molar-refractivity contribution in [2.45, 2.75) is 6.92 Å². The Morgan fingerprint density at radius 2 is 1.96 bits per heavy atom. The predicted molar refractivity (Wildman–Crippen MR) is 89.2 cm³/mol.